The van der Waals surface area contributed by atoms with Gasteiger partial charge in [0, 0.05) is 71.3 Å². The molecule has 0 aliphatic carbocycles. The summed E-state index contributed by atoms with van der Waals surface area (Å²) < 4.78 is 12.2. The molecule has 11 atom stereocenters. The summed E-state index contributed by atoms with van der Waals surface area (Å²) in [6, 6.07) is 17.8. The summed E-state index contributed by atoms with van der Waals surface area (Å²) in [6.45, 7) is 19.3. The van der Waals surface area contributed by atoms with Gasteiger partial charge < -0.3 is 67.5 Å². The van der Waals surface area contributed by atoms with Crippen molar-refractivity contribution in [2.75, 3.05) is 64.4 Å². The minimum atomic E-state index is -1.00. The molecule has 10 N–H and O–H groups in total. The van der Waals surface area contributed by atoms with Gasteiger partial charge in [-0.05, 0) is 111 Å². The van der Waals surface area contributed by atoms with Crippen molar-refractivity contribution in [3.63, 3.8) is 0 Å². The van der Waals surface area contributed by atoms with Crippen LogP contribution in [0.15, 0.2) is 78.9 Å². The molecule has 0 aromatic heterocycles. The summed E-state index contributed by atoms with van der Waals surface area (Å²) in [5, 5.41) is 23.2. The monoisotopic (exact) mass is 1240 g/mol. The summed E-state index contributed by atoms with van der Waals surface area (Å²) in [5.74, 6) is -4.36. The van der Waals surface area contributed by atoms with Crippen molar-refractivity contribution >= 4 is 70.4 Å². The quantitative estimate of drug-likeness (QED) is 0.0323. The Morgan fingerprint density at radius 3 is 1.84 bits per heavy atom. The number of carbonyl (C=O) groups excluding carboxylic acids is 9. The molecule has 89 heavy (non-hydrogen) atoms. The first-order chi connectivity index (χ1) is 42.1. The zero-order valence-corrected chi connectivity index (χ0v) is 55.1. The number of ether oxygens (including phenoxy) is 2. The minimum absolute atomic E-state index is 0.00427. The maximum atomic E-state index is 14.6. The van der Waals surface area contributed by atoms with Crippen LogP contribution >= 0.6 is 0 Å². The molecule has 0 spiro atoms. The van der Waals surface area contributed by atoms with E-state index in [-0.39, 0.29) is 73.1 Å². The van der Waals surface area contributed by atoms with E-state index in [0.717, 1.165) is 16.8 Å². The number of carbonyl (C=O) groups is 9. The van der Waals surface area contributed by atoms with Crippen LogP contribution in [0, 0.1) is 29.6 Å². The van der Waals surface area contributed by atoms with Crippen LogP contribution in [0.3, 0.4) is 0 Å². The normalized spacial score (nSPS) is 16.6. The van der Waals surface area contributed by atoms with E-state index in [1.165, 1.54) is 21.1 Å². The highest BCUT2D eigenvalue weighted by Gasteiger charge is 2.44. The van der Waals surface area contributed by atoms with E-state index in [1.54, 1.807) is 80.1 Å². The van der Waals surface area contributed by atoms with Gasteiger partial charge in [-0.3, -0.25) is 43.3 Å². The van der Waals surface area contributed by atoms with Gasteiger partial charge in [-0.15, -0.1) is 0 Å². The first kappa shape index (κ1) is 73.8. The van der Waals surface area contributed by atoms with Gasteiger partial charge in [0.05, 0.1) is 42.7 Å². The number of likely N-dealkylation sites (tertiary alicyclic amines) is 1. The van der Waals surface area contributed by atoms with Crippen LogP contribution in [-0.4, -0.2) is 171 Å². The lowest BCUT2D eigenvalue weighted by atomic mass is 9.89. The van der Waals surface area contributed by atoms with E-state index in [4.69, 9.17) is 15.2 Å². The standard InChI is InChI=1S/C66H102N12O11/c1-16-42(8)58(77(13)65(86)56(40(4)5)75-64(85)57(41(6)7)76(11)12)53(88-14)37-54(80)78-34-22-28-52(78)59(89-15)43(9)60(81)74-51(36-45-23-18-17-19-24-45)62(83)71-48-31-29-47(30-32-48)69-38-46-25-20-26-49(35-46)72-61(82)50(27-21-33-68-66(67)87)73-63(84)55(39(2)3)70-44(10)79/h17-20,23-26,29-32,35,39-43,50-53,55-59,69H,16,21-22,27-28,33-34,36-38H2,1-15H3,(H,70,79)(H,71,83)(H,72,82)(H,73,84)(H,74,81)(H,75,85)(H3,67,68,87)/t42-,43+,50-,51-,52-,53+,55-,56+,57?,58-,59+/m0/s1. The fraction of sp³-hybridized carbons (Fsp3) is 0.591. The van der Waals surface area contributed by atoms with E-state index in [0.29, 0.717) is 50.1 Å². The van der Waals surface area contributed by atoms with Crippen LogP contribution in [0.2, 0.25) is 0 Å². The summed E-state index contributed by atoms with van der Waals surface area (Å²) in [4.78, 5) is 127. The Labute approximate surface area is 527 Å². The molecule has 10 amide bonds. The molecule has 1 heterocycles. The van der Waals surface area contributed by atoms with Crippen molar-refractivity contribution < 1.29 is 52.6 Å². The van der Waals surface area contributed by atoms with Gasteiger partial charge in [0.2, 0.25) is 47.3 Å². The average molecular weight is 1240 g/mol. The van der Waals surface area contributed by atoms with Crippen LogP contribution in [0.5, 0.6) is 0 Å². The molecule has 3 aromatic carbocycles. The molecule has 1 unspecified atom stereocenters. The van der Waals surface area contributed by atoms with Crippen molar-refractivity contribution in [3.05, 3.63) is 90.0 Å². The molecule has 4 rings (SSSR count). The summed E-state index contributed by atoms with van der Waals surface area (Å²) in [5.41, 5.74) is 8.54. The molecule has 492 valence electrons. The topological polar surface area (TPSA) is 304 Å². The van der Waals surface area contributed by atoms with Crippen LogP contribution in [0.1, 0.15) is 119 Å². The summed E-state index contributed by atoms with van der Waals surface area (Å²) >= 11 is 0. The number of likely N-dealkylation sites (N-methyl/N-ethyl adjacent to an activating group) is 2. The van der Waals surface area contributed by atoms with Crippen molar-refractivity contribution in [2.24, 2.45) is 35.3 Å². The highest BCUT2D eigenvalue weighted by atomic mass is 16.5. The van der Waals surface area contributed by atoms with E-state index >= 15 is 0 Å². The number of nitrogens with one attached hydrogen (secondary N) is 8. The lowest BCUT2D eigenvalue weighted by molar-refractivity contribution is -0.148. The van der Waals surface area contributed by atoms with Gasteiger partial charge in [0.15, 0.2) is 0 Å². The van der Waals surface area contributed by atoms with Gasteiger partial charge >= 0.3 is 6.03 Å². The van der Waals surface area contributed by atoms with Gasteiger partial charge in [0.25, 0.3) is 0 Å². The van der Waals surface area contributed by atoms with Crippen LogP contribution in [0.25, 0.3) is 0 Å². The molecule has 0 bridgehead atoms. The second kappa shape index (κ2) is 36.1. The Kier molecular flexibility index (Phi) is 30.0. The molecule has 0 radical (unpaired) electrons. The third kappa shape index (κ3) is 22.4. The zero-order valence-electron chi connectivity index (χ0n) is 55.1. The first-order valence-electron chi connectivity index (χ1n) is 31.2. The highest BCUT2D eigenvalue weighted by Crippen LogP contribution is 2.30. The zero-order chi connectivity index (χ0) is 66.2. The highest BCUT2D eigenvalue weighted by molar-refractivity contribution is 5.99. The molecular weight excluding hydrogens is 1140 g/mol. The first-order valence-corrected chi connectivity index (χ1v) is 31.2. The Morgan fingerprint density at radius 1 is 0.663 bits per heavy atom. The van der Waals surface area contributed by atoms with Crippen molar-refractivity contribution in [3.8, 4) is 0 Å². The molecule has 23 nitrogen and oxygen atoms in total. The number of nitrogens with zero attached hydrogens (tertiary/aromatic N) is 3. The number of benzene rings is 3. The minimum Gasteiger partial charge on any atom is -0.381 e. The second-order valence-corrected chi connectivity index (χ2v) is 24.7. The largest absolute Gasteiger partial charge is 0.381 e. The van der Waals surface area contributed by atoms with Gasteiger partial charge in [-0.2, -0.15) is 0 Å². The van der Waals surface area contributed by atoms with Gasteiger partial charge in [-0.25, -0.2) is 4.79 Å². The fourth-order valence-electron chi connectivity index (χ4n) is 11.7. The van der Waals surface area contributed by atoms with Gasteiger partial charge in [-0.1, -0.05) is 111 Å². The van der Waals surface area contributed by atoms with E-state index in [9.17, 15) is 43.2 Å². The van der Waals surface area contributed by atoms with Crippen molar-refractivity contribution in [1.29, 1.82) is 0 Å². The Hall–Kier alpha value is -7.63. The Morgan fingerprint density at radius 2 is 1.27 bits per heavy atom. The Balaban J connectivity index is 1.45. The molecule has 1 saturated heterocycles. The SMILES string of the molecule is CC[C@H](C)[C@@H]([C@@H](CC(=O)N1CCC[C@H]1[C@H](OC)[C@@H](C)C(=O)N[C@@H](Cc1ccccc1)C(=O)Nc1ccc(NCc2cccc(NC(=O)[C@H](CCCNC(N)=O)NC(=O)[C@@H](NC(C)=O)C(C)C)c2)cc1)OC)N(C)C(=O)[C@H](NC(=O)C(C(C)C)N(C)C)C(C)C. The average Bonchev–Trinajstić information content (AvgIpc) is 4.17. The molecule has 1 fully saturated rings. The van der Waals surface area contributed by atoms with Crippen LogP contribution < -0.4 is 48.3 Å². The maximum Gasteiger partial charge on any atom is 0.312 e. The molecule has 3 aromatic rings. The number of hydrogen-bond donors (Lipinski definition) is 9. The number of urea groups is 1. The van der Waals surface area contributed by atoms with E-state index in [1.807, 2.05) is 96.9 Å². The number of rotatable bonds is 35. The lowest BCUT2D eigenvalue weighted by Gasteiger charge is -2.41. The number of hydrogen-bond acceptors (Lipinski definition) is 13. The summed E-state index contributed by atoms with van der Waals surface area (Å²) in [6.07, 6.45) is 1.12. The van der Waals surface area contributed by atoms with E-state index in [2.05, 4.69) is 42.5 Å². The van der Waals surface area contributed by atoms with Crippen molar-refractivity contribution in [2.45, 2.75) is 175 Å². The lowest BCUT2D eigenvalue weighted by Crippen LogP contribution is -2.59. The Bertz CT molecular complexity index is 2790. The predicted octanol–water partition coefficient (Wildman–Crippen LogP) is 5.64. The number of nitrogens with two attached hydrogens (primary N) is 1. The smallest absolute Gasteiger partial charge is 0.312 e. The molecule has 0 saturated carbocycles. The van der Waals surface area contributed by atoms with Crippen LogP contribution in [-0.2, 0) is 60.8 Å². The number of methoxy groups -OCH3 is 2. The predicted molar refractivity (Wildman–Crippen MR) is 346 cm³/mol. The molecule has 23 heteroatoms. The second-order valence-electron chi connectivity index (χ2n) is 24.7. The van der Waals surface area contributed by atoms with Crippen LogP contribution in [0.4, 0.5) is 21.9 Å². The maximum absolute atomic E-state index is 14.6. The third-order valence-corrected chi connectivity index (χ3v) is 16.6. The fourth-order valence-corrected chi connectivity index (χ4v) is 11.7. The third-order valence-electron chi connectivity index (χ3n) is 16.6. The van der Waals surface area contributed by atoms with E-state index < -0.39 is 90.1 Å². The molecule has 1 aliphatic heterocycles. The van der Waals surface area contributed by atoms with Crippen molar-refractivity contribution in [1.82, 2.24) is 41.3 Å². The number of primary amides is 1. The van der Waals surface area contributed by atoms with Gasteiger partial charge in [0.1, 0.15) is 24.2 Å². The number of anilines is 3. The number of amides is 10. The molecular formula is C66H102N12O11. The summed E-state index contributed by atoms with van der Waals surface area (Å²) in [7, 11) is 8.45. The molecule has 1 aliphatic rings.